The Morgan fingerprint density at radius 2 is 1.56 bits per heavy atom. The average molecular weight is 541 g/mol. The summed E-state index contributed by atoms with van der Waals surface area (Å²) in [6.07, 6.45) is 0. The quantitative estimate of drug-likeness (QED) is 0.344. The molecule has 0 bridgehead atoms. The molecule has 0 saturated heterocycles. The van der Waals surface area contributed by atoms with Crippen molar-refractivity contribution in [3.8, 4) is 0 Å². The lowest BCUT2D eigenvalue weighted by molar-refractivity contribution is 0.103. The van der Waals surface area contributed by atoms with Crippen LogP contribution in [0.1, 0.15) is 9.67 Å². The number of sulfonamides is 1. The number of halogens is 2. The highest BCUT2D eigenvalue weighted by Crippen LogP contribution is 2.32. The molecule has 0 spiro atoms. The third-order valence-corrected chi connectivity index (χ3v) is 9.99. The van der Waals surface area contributed by atoms with E-state index in [1.165, 1.54) is 35.7 Å². The highest BCUT2D eigenvalue weighted by molar-refractivity contribution is 7.93. The number of carbonyl (C=O) groups is 1. The van der Waals surface area contributed by atoms with E-state index in [1.807, 2.05) is 0 Å². The van der Waals surface area contributed by atoms with Crippen molar-refractivity contribution in [1.29, 1.82) is 0 Å². The monoisotopic (exact) mass is 540 g/mol. The van der Waals surface area contributed by atoms with Crippen molar-refractivity contribution in [2.24, 2.45) is 0 Å². The molecule has 13 heteroatoms. The van der Waals surface area contributed by atoms with Gasteiger partial charge in [0.25, 0.3) is 15.9 Å². The molecule has 34 heavy (non-hydrogen) atoms. The predicted molar refractivity (Wildman–Crippen MR) is 126 cm³/mol. The minimum Gasteiger partial charge on any atom is -0.313 e. The van der Waals surface area contributed by atoms with Crippen molar-refractivity contribution in [3.05, 3.63) is 88.6 Å². The molecule has 0 unspecified atom stereocenters. The normalized spacial score (nSPS) is 11.8. The Morgan fingerprint density at radius 3 is 2.26 bits per heavy atom. The second-order valence-electron chi connectivity index (χ2n) is 6.73. The number of thiophene rings is 2. The molecule has 7 nitrogen and oxygen atoms in total. The number of rotatable bonds is 7. The number of hydrogen-bond acceptors (Lipinski definition) is 7. The molecule has 0 aliphatic heterocycles. The molecule has 0 radical (unpaired) electrons. The number of hydrogen-bond donors (Lipinski definition) is 2. The first-order valence-corrected chi connectivity index (χ1v) is 14.0. The van der Waals surface area contributed by atoms with Gasteiger partial charge in [-0.05, 0) is 53.9 Å². The van der Waals surface area contributed by atoms with Crippen molar-refractivity contribution in [3.63, 3.8) is 0 Å². The van der Waals surface area contributed by atoms with Gasteiger partial charge in [-0.1, -0.05) is 18.2 Å². The van der Waals surface area contributed by atoms with Crippen LogP contribution in [0.2, 0.25) is 0 Å². The first-order chi connectivity index (χ1) is 16.1. The second kappa shape index (κ2) is 9.25. The molecule has 2 heterocycles. The highest BCUT2D eigenvalue weighted by atomic mass is 32.2. The average Bonchev–Trinajstić information content (AvgIpc) is 3.46. The van der Waals surface area contributed by atoms with Gasteiger partial charge in [-0.3, -0.25) is 9.52 Å². The number of sulfone groups is 1. The molecule has 4 rings (SSSR count). The zero-order valence-electron chi connectivity index (χ0n) is 16.9. The SMILES string of the molecule is O=C(Nc1ccc(S(=O)(=O)c2ccccc2)s1)c1sccc1NS(=O)(=O)c1ccc(F)c(F)c1. The summed E-state index contributed by atoms with van der Waals surface area (Å²) in [6.45, 7) is 0. The first-order valence-electron chi connectivity index (χ1n) is 9.34. The maximum atomic E-state index is 13.5. The number of carbonyl (C=O) groups excluding carboxylic acids is 1. The van der Waals surface area contributed by atoms with Crippen LogP contribution >= 0.6 is 22.7 Å². The summed E-state index contributed by atoms with van der Waals surface area (Å²) in [7, 11) is -8.06. The van der Waals surface area contributed by atoms with Crippen LogP contribution in [0.15, 0.2) is 86.1 Å². The molecule has 0 atom stereocenters. The fourth-order valence-electron chi connectivity index (χ4n) is 2.83. The summed E-state index contributed by atoms with van der Waals surface area (Å²) in [5.74, 6) is -3.20. The Hall–Kier alpha value is -3.13. The van der Waals surface area contributed by atoms with E-state index < -0.39 is 42.3 Å². The van der Waals surface area contributed by atoms with Gasteiger partial charge in [-0.2, -0.15) is 0 Å². The molecule has 2 N–H and O–H groups in total. The Kier molecular flexibility index (Phi) is 6.53. The molecule has 0 fully saturated rings. The lowest BCUT2D eigenvalue weighted by Crippen LogP contribution is -2.17. The molecule has 176 valence electrons. The van der Waals surface area contributed by atoms with Crippen LogP contribution < -0.4 is 10.0 Å². The molecule has 0 aliphatic carbocycles. The zero-order valence-corrected chi connectivity index (χ0v) is 20.1. The number of nitrogens with one attached hydrogen (secondary N) is 2. The van der Waals surface area contributed by atoms with Crippen molar-refractivity contribution < 1.29 is 30.4 Å². The number of benzene rings is 2. The summed E-state index contributed by atoms with van der Waals surface area (Å²) < 4.78 is 79.4. The largest absolute Gasteiger partial charge is 0.313 e. The summed E-state index contributed by atoms with van der Waals surface area (Å²) in [4.78, 5) is 12.3. The molecule has 2 aromatic heterocycles. The first kappa shape index (κ1) is 24.0. The van der Waals surface area contributed by atoms with E-state index in [0.29, 0.717) is 12.1 Å². The molecule has 0 saturated carbocycles. The van der Waals surface area contributed by atoms with Crippen molar-refractivity contribution in [1.82, 2.24) is 0 Å². The Morgan fingerprint density at radius 1 is 0.824 bits per heavy atom. The van der Waals surface area contributed by atoms with Gasteiger partial charge >= 0.3 is 0 Å². The fourth-order valence-corrected chi connectivity index (χ4v) is 7.35. The van der Waals surface area contributed by atoms with Gasteiger partial charge in [-0.15, -0.1) is 22.7 Å². The van der Waals surface area contributed by atoms with Crippen LogP contribution in [0.4, 0.5) is 19.5 Å². The third kappa shape index (κ3) is 4.87. The van der Waals surface area contributed by atoms with E-state index in [9.17, 15) is 30.4 Å². The van der Waals surface area contributed by atoms with Crippen molar-refractivity contribution >= 4 is 59.1 Å². The van der Waals surface area contributed by atoms with Gasteiger partial charge in [0, 0.05) is 0 Å². The van der Waals surface area contributed by atoms with E-state index in [4.69, 9.17) is 0 Å². The zero-order chi connectivity index (χ0) is 24.5. The molecule has 0 aliphatic rings. The maximum absolute atomic E-state index is 13.5. The lowest BCUT2D eigenvalue weighted by Gasteiger charge is -2.09. The van der Waals surface area contributed by atoms with E-state index in [0.717, 1.165) is 28.7 Å². The Labute approximate surface area is 201 Å². The standard InChI is InChI=1S/C21H14F2N2O5S4/c22-15-7-6-14(12-16(15)23)34(29,30)25-17-10-11-31-20(17)21(26)24-18-8-9-19(32-18)33(27,28)13-4-2-1-3-5-13/h1-12,25H,(H,24,26). The lowest BCUT2D eigenvalue weighted by atomic mass is 10.3. The highest BCUT2D eigenvalue weighted by Gasteiger charge is 2.23. The molecular weight excluding hydrogens is 527 g/mol. The van der Waals surface area contributed by atoms with Gasteiger partial charge in [0.05, 0.1) is 20.5 Å². The van der Waals surface area contributed by atoms with Crippen LogP contribution in [-0.2, 0) is 19.9 Å². The minimum atomic E-state index is -4.30. The summed E-state index contributed by atoms with van der Waals surface area (Å²) >= 11 is 1.79. The van der Waals surface area contributed by atoms with E-state index in [1.54, 1.807) is 18.2 Å². The van der Waals surface area contributed by atoms with Crippen LogP contribution in [0.3, 0.4) is 0 Å². The van der Waals surface area contributed by atoms with Gasteiger partial charge in [-0.25, -0.2) is 25.6 Å². The number of anilines is 2. The second-order valence-corrected chi connectivity index (χ2v) is 12.6. The van der Waals surface area contributed by atoms with Gasteiger partial charge in [0.15, 0.2) is 11.6 Å². The van der Waals surface area contributed by atoms with Crippen LogP contribution in [0.25, 0.3) is 0 Å². The van der Waals surface area contributed by atoms with Gasteiger partial charge < -0.3 is 5.32 Å². The minimum absolute atomic E-state index is 0.00738. The fraction of sp³-hybridized carbons (Fsp3) is 0. The third-order valence-electron chi connectivity index (χ3n) is 4.45. The maximum Gasteiger partial charge on any atom is 0.268 e. The van der Waals surface area contributed by atoms with E-state index in [-0.39, 0.29) is 24.7 Å². The predicted octanol–water partition coefficient (Wildman–Crippen LogP) is 4.97. The van der Waals surface area contributed by atoms with Gasteiger partial charge in [0.1, 0.15) is 9.09 Å². The molecule has 1 amide bonds. The van der Waals surface area contributed by atoms with E-state index in [2.05, 4.69) is 10.0 Å². The van der Waals surface area contributed by atoms with Crippen molar-refractivity contribution in [2.75, 3.05) is 10.0 Å². The topological polar surface area (TPSA) is 109 Å². The van der Waals surface area contributed by atoms with Crippen LogP contribution in [-0.4, -0.2) is 22.7 Å². The smallest absolute Gasteiger partial charge is 0.268 e. The Balaban J connectivity index is 1.53. The number of amides is 1. The molecular formula is C21H14F2N2O5S4. The molecule has 4 aromatic rings. The van der Waals surface area contributed by atoms with Crippen molar-refractivity contribution in [2.45, 2.75) is 14.0 Å². The summed E-state index contributed by atoms with van der Waals surface area (Å²) in [6, 6.07) is 14.1. The molecule has 2 aromatic carbocycles. The Bertz CT molecular complexity index is 1580. The van der Waals surface area contributed by atoms with Crippen LogP contribution in [0, 0.1) is 11.6 Å². The summed E-state index contributed by atoms with van der Waals surface area (Å²) in [5, 5.41) is 4.26. The van der Waals surface area contributed by atoms with Gasteiger partial charge in [0.2, 0.25) is 9.84 Å². The van der Waals surface area contributed by atoms with Crippen LogP contribution in [0.5, 0.6) is 0 Å². The summed E-state index contributed by atoms with van der Waals surface area (Å²) in [5.41, 5.74) is -0.0686. The van der Waals surface area contributed by atoms with E-state index >= 15 is 0 Å².